The van der Waals surface area contributed by atoms with Gasteiger partial charge in [0.05, 0.1) is 16.7 Å². The molecule has 0 radical (unpaired) electrons. The average Bonchev–Trinajstić information content (AvgIpc) is 2.74. The van der Waals surface area contributed by atoms with Crippen LogP contribution in [0.2, 0.25) is 0 Å². The van der Waals surface area contributed by atoms with Gasteiger partial charge in [-0.1, -0.05) is 6.07 Å². The van der Waals surface area contributed by atoms with Crippen molar-refractivity contribution < 1.29 is 9.72 Å². The molecule has 1 fully saturated rings. The van der Waals surface area contributed by atoms with Gasteiger partial charge in [-0.15, -0.1) is 24.8 Å². The molecule has 1 atom stereocenters. The number of piperidine rings is 1. The number of hydrogen-bond donors (Lipinski definition) is 2. The van der Waals surface area contributed by atoms with Crippen molar-refractivity contribution in [1.82, 2.24) is 9.88 Å². The van der Waals surface area contributed by atoms with Gasteiger partial charge in [-0.3, -0.25) is 19.9 Å². The first-order valence-corrected chi connectivity index (χ1v) is 9.45. The van der Waals surface area contributed by atoms with Gasteiger partial charge in [-0.25, -0.2) is 0 Å². The van der Waals surface area contributed by atoms with E-state index in [0.29, 0.717) is 36.8 Å². The van der Waals surface area contributed by atoms with Crippen LogP contribution in [0.3, 0.4) is 0 Å². The van der Waals surface area contributed by atoms with E-state index in [1.807, 2.05) is 25.1 Å². The molecule has 1 aromatic heterocycles. The van der Waals surface area contributed by atoms with Crippen LogP contribution in [0.15, 0.2) is 42.6 Å². The maximum absolute atomic E-state index is 12.8. The Morgan fingerprint density at radius 2 is 2.00 bits per heavy atom. The summed E-state index contributed by atoms with van der Waals surface area (Å²) < 4.78 is 0. The summed E-state index contributed by atoms with van der Waals surface area (Å²) in [6.07, 6.45) is 3.41. The number of amides is 1. The van der Waals surface area contributed by atoms with Crippen LogP contribution in [0.1, 0.15) is 41.9 Å². The molecule has 10 heteroatoms. The van der Waals surface area contributed by atoms with E-state index in [2.05, 4.69) is 10.3 Å². The molecule has 8 nitrogen and oxygen atoms in total. The third kappa shape index (κ3) is 6.04. The molecule has 1 saturated heterocycles. The summed E-state index contributed by atoms with van der Waals surface area (Å²) in [7, 11) is 0. The normalized spacial score (nSPS) is 14.8. The highest BCUT2D eigenvalue weighted by atomic mass is 35.5. The fraction of sp³-hybridized carbons (Fsp3) is 0.400. The van der Waals surface area contributed by atoms with Crippen LogP contribution < -0.4 is 11.1 Å². The zero-order valence-electron chi connectivity index (χ0n) is 16.7. The first-order valence-electron chi connectivity index (χ1n) is 9.45. The number of nitro benzene ring substituents is 1. The second kappa shape index (κ2) is 11.7. The summed E-state index contributed by atoms with van der Waals surface area (Å²) in [5.74, 6) is 0.265. The van der Waals surface area contributed by atoms with Crippen LogP contribution in [0.4, 0.5) is 11.4 Å². The van der Waals surface area contributed by atoms with Crippen LogP contribution >= 0.6 is 24.8 Å². The molecule has 3 N–H and O–H groups in total. The Labute approximate surface area is 188 Å². The maximum atomic E-state index is 12.8. The van der Waals surface area contributed by atoms with E-state index in [1.54, 1.807) is 23.2 Å². The van der Waals surface area contributed by atoms with Gasteiger partial charge in [-0.2, -0.15) is 0 Å². The standard InChI is InChI=1S/C20H25N5O3.2ClH/c1-14(17-4-2-3-9-22-17)23-18-6-5-16(12-19(18)25(27)28)20(26)24-10-7-15(13-21)8-11-24;;/h2-6,9,12,14-15,23H,7-8,10-11,13,21H2,1H3;2*1H. The molecule has 3 rings (SSSR count). The highest BCUT2D eigenvalue weighted by Crippen LogP contribution is 2.30. The van der Waals surface area contributed by atoms with E-state index < -0.39 is 4.92 Å². The van der Waals surface area contributed by atoms with Crippen molar-refractivity contribution in [3.8, 4) is 0 Å². The zero-order chi connectivity index (χ0) is 20.1. The molecule has 2 heterocycles. The lowest BCUT2D eigenvalue weighted by molar-refractivity contribution is -0.384. The molecule has 1 amide bonds. The summed E-state index contributed by atoms with van der Waals surface area (Å²) in [4.78, 5) is 29.9. The minimum atomic E-state index is -0.467. The quantitative estimate of drug-likeness (QED) is 0.505. The van der Waals surface area contributed by atoms with Crippen molar-refractivity contribution in [2.75, 3.05) is 25.0 Å². The van der Waals surface area contributed by atoms with Gasteiger partial charge in [0, 0.05) is 30.9 Å². The van der Waals surface area contributed by atoms with Crippen LogP contribution in [-0.4, -0.2) is 40.3 Å². The molecule has 1 aliphatic heterocycles. The molecule has 164 valence electrons. The van der Waals surface area contributed by atoms with Crippen LogP contribution in [0.5, 0.6) is 0 Å². The largest absolute Gasteiger partial charge is 0.371 e. The molecule has 0 bridgehead atoms. The number of halogens is 2. The average molecular weight is 456 g/mol. The van der Waals surface area contributed by atoms with Crippen LogP contribution in [0, 0.1) is 16.0 Å². The van der Waals surface area contributed by atoms with Gasteiger partial charge >= 0.3 is 0 Å². The fourth-order valence-corrected chi connectivity index (χ4v) is 3.43. The molecule has 2 aromatic rings. The number of benzene rings is 1. The highest BCUT2D eigenvalue weighted by molar-refractivity contribution is 5.95. The van der Waals surface area contributed by atoms with Crippen molar-refractivity contribution in [3.63, 3.8) is 0 Å². The Hall–Kier alpha value is -2.42. The summed E-state index contributed by atoms with van der Waals surface area (Å²) in [6.45, 7) is 3.77. The third-order valence-electron chi connectivity index (χ3n) is 5.18. The Balaban J connectivity index is 0.00000225. The zero-order valence-corrected chi connectivity index (χ0v) is 18.3. The molecule has 1 aliphatic rings. The van der Waals surface area contributed by atoms with E-state index in [4.69, 9.17) is 5.73 Å². The third-order valence-corrected chi connectivity index (χ3v) is 5.18. The van der Waals surface area contributed by atoms with Gasteiger partial charge in [-0.05, 0) is 56.5 Å². The summed E-state index contributed by atoms with van der Waals surface area (Å²) in [5.41, 5.74) is 7.05. The van der Waals surface area contributed by atoms with Gasteiger partial charge in [0.1, 0.15) is 5.69 Å². The monoisotopic (exact) mass is 455 g/mol. The van der Waals surface area contributed by atoms with E-state index in [1.165, 1.54) is 6.07 Å². The van der Waals surface area contributed by atoms with Crippen molar-refractivity contribution in [2.24, 2.45) is 11.7 Å². The number of carbonyl (C=O) groups is 1. The number of rotatable bonds is 6. The molecular formula is C20H27Cl2N5O3. The van der Waals surface area contributed by atoms with Crippen molar-refractivity contribution in [3.05, 3.63) is 64.0 Å². The number of nitrogens with two attached hydrogens (primary N) is 1. The topological polar surface area (TPSA) is 114 Å². The SMILES string of the molecule is CC(Nc1ccc(C(=O)N2CCC(CN)CC2)cc1[N+](=O)[O-])c1ccccn1.Cl.Cl. The molecular weight excluding hydrogens is 429 g/mol. The number of hydrogen-bond acceptors (Lipinski definition) is 6. The number of aromatic nitrogens is 1. The molecule has 1 aromatic carbocycles. The number of pyridine rings is 1. The second-order valence-corrected chi connectivity index (χ2v) is 7.08. The minimum Gasteiger partial charge on any atom is -0.371 e. The molecule has 0 aliphatic carbocycles. The summed E-state index contributed by atoms with van der Waals surface area (Å²) >= 11 is 0. The Bertz CT molecular complexity index is 846. The van der Waals surface area contributed by atoms with Crippen molar-refractivity contribution >= 4 is 42.1 Å². The fourth-order valence-electron chi connectivity index (χ4n) is 3.43. The molecule has 0 spiro atoms. The molecule has 0 saturated carbocycles. The van der Waals surface area contributed by atoms with Crippen LogP contribution in [0.25, 0.3) is 0 Å². The first kappa shape index (κ1) is 25.6. The smallest absolute Gasteiger partial charge is 0.293 e. The van der Waals surface area contributed by atoms with Crippen LogP contribution in [-0.2, 0) is 0 Å². The highest BCUT2D eigenvalue weighted by Gasteiger charge is 2.25. The number of likely N-dealkylation sites (tertiary alicyclic amines) is 1. The predicted molar refractivity (Wildman–Crippen MR) is 122 cm³/mol. The lowest BCUT2D eigenvalue weighted by Crippen LogP contribution is -2.40. The Kier molecular flexibility index (Phi) is 9.98. The predicted octanol–water partition coefficient (Wildman–Crippen LogP) is 3.82. The van der Waals surface area contributed by atoms with Crippen molar-refractivity contribution in [1.29, 1.82) is 0 Å². The Morgan fingerprint density at radius 3 is 2.57 bits per heavy atom. The van der Waals surface area contributed by atoms with E-state index in [-0.39, 0.29) is 42.5 Å². The number of carbonyl (C=O) groups excluding carboxylic acids is 1. The second-order valence-electron chi connectivity index (χ2n) is 7.08. The molecule has 1 unspecified atom stereocenters. The number of anilines is 1. The molecule has 30 heavy (non-hydrogen) atoms. The minimum absolute atomic E-state index is 0. The maximum Gasteiger partial charge on any atom is 0.293 e. The number of nitro groups is 1. The number of nitrogens with zero attached hydrogens (tertiary/aromatic N) is 3. The van der Waals surface area contributed by atoms with Gasteiger partial charge in [0.2, 0.25) is 0 Å². The Morgan fingerprint density at radius 1 is 1.30 bits per heavy atom. The first-order chi connectivity index (χ1) is 13.5. The lowest BCUT2D eigenvalue weighted by atomic mass is 9.96. The van der Waals surface area contributed by atoms with E-state index in [0.717, 1.165) is 18.5 Å². The van der Waals surface area contributed by atoms with E-state index in [9.17, 15) is 14.9 Å². The van der Waals surface area contributed by atoms with E-state index >= 15 is 0 Å². The summed E-state index contributed by atoms with van der Waals surface area (Å²) in [5, 5.41) is 14.7. The van der Waals surface area contributed by atoms with Gasteiger partial charge in [0.25, 0.3) is 11.6 Å². The lowest BCUT2D eigenvalue weighted by Gasteiger charge is -2.31. The van der Waals surface area contributed by atoms with Gasteiger partial charge < -0.3 is 16.0 Å². The van der Waals surface area contributed by atoms with Crippen molar-refractivity contribution in [2.45, 2.75) is 25.8 Å². The summed E-state index contributed by atoms with van der Waals surface area (Å²) in [6, 6.07) is 9.91. The number of nitrogens with one attached hydrogen (secondary N) is 1. The van der Waals surface area contributed by atoms with Gasteiger partial charge in [0.15, 0.2) is 0 Å².